The standard InChI is InChI=1S/C19H22N4O3S/c1-12(2)23-18(25)17(24)22(19(23)26)11-21-10-6-5-8-14(21)16-20-13-7-3-4-9-15(13)27-16/h3-4,7,9,12,14H,5-6,8,10-11H2,1-2H3/t14-/m0/s1. The van der Waals surface area contributed by atoms with E-state index in [1.54, 1.807) is 25.2 Å². The van der Waals surface area contributed by atoms with Crippen molar-refractivity contribution in [1.29, 1.82) is 0 Å². The number of amides is 4. The topological polar surface area (TPSA) is 73.8 Å². The summed E-state index contributed by atoms with van der Waals surface area (Å²) in [5.41, 5.74) is 0.970. The van der Waals surface area contributed by atoms with Gasteiger partial charge in [-0.15, -0.1) is 11.3 Å². The summed E-state index contributed by atoms with van der Waals surface area (Å²) < 4.78 is 1.13. The van der Waals surface area contributed by atoms with Gasteiger partial charge in [0.05, 0.1) is 22.9 Å². The Balaban J connectivity index is 1.59. The number of piperidine rings is 1. The molecule has 2 aliphatic heterocycles. The van der Waals surface area contributed by atoms with E-state index in [2.05, 4.69) is 11.0 Å². The molecule has 2 aromatic rings. The number of carbonyl (C=O) groups excluding carboxylic acids is 3. The Morgan fingerprint density at radius 2 is 1.93 bits per heavy atom. The quantitative estimate of drug-likeness (QED) is 0.597. The summed E-state index contributed by atoms with van der Waals surface area (Å²) in [6.07, 6.45) is 3.01. The molecular formula is C19H22N4O3S. The van der Waals surface area contributed by atoms with Crippen LogP contribution in [-0.2, 0) is 9.59 Å². The van der Waals surface area contributed by atoms with Crippen LogP contribution < -0.4 is 0 Å². The van der Waals surface area contributed by atoms with E-state index in [0.29, 0.717) is 0 Å². The number of thiazole rings is 1. The second-order valence-corrected chi connectivity index (χ2v) is 8.33. The number of urea groups is 1. The van der Waals surface area contributed by atoms with Crippen LogP contribution in [0.4, 0.5) is 4.79 Å². The van der Waals surface area contributed by atoms with Gasteiger partial charge in [-0.3, -0.25) is 19.4 Å². The molecule has 0 saturated carbocycles. The second-order valence-electron chi connectivity index (χ2n) is 7.27. The van der Waals surface area contributed by atoms with E-state index < -0.39 is 17.8 Å². The van der Waals surface area contributed by atoms with Crippen molar-refractivity contribution in [3.63, 3.8) is 0 Å². The smallest absolute Gasteiger partial charge is 0.276 e. The third kappa shape index (κ3) is 3.12. The molecule has 0 bridgehead atoms. The van der Waals surface area contributed by atoms with E-state index in [4.69, 9.17) is 4.98 Å². The predicted octanol–water partition coefficient (Wildman–Crippen LogP) is 2.98. The first-order valence-corrected chi connectivity index (χ1v) is 10.1. The maximum atomic E-state index is 12.6. The molecule has 0 unspecified atom stereocenters. The number of likely N-dealkylation sites (tertiary alicyclic amines) is 1. The molecule has 4 amide bonds. The minimum atomic E-state index is -0.734. The zero-order valence-electron chi connectivity index (χ0n) is 15.4. The lowest BCUT2D eigenvalue weighted by Gasteiger charge is -2.36. The SMILES string of the molecule is CC(C)N1C(=O)C(=O)N(CN2CCCC[C@H]2c2nc3ccccc3s2)C1=O. The van der Waals surface area contributed by atoms with E-state index in [1.165, 1.54) is 0 Å². The number of imide groups is 2. The summed E-state index contributed by atoms with van der Waals surface area (Å²) >= 11 is 1.65. The maximum absolute atomic E-state index is 12.6. The van der Waals surface area contributed by atoms with Gasteiger partial charge in [0.1, 0.15) is 5.01 Å². The molecule has 8 heteroatoms. The highest BCUT2D eigenvalue weighted by Crippen LogP contribution is 2.36. The molecule has 2 aliphatic rings. The van der Waals surface area contributed by atoms with Crippen molar-refractivity contribution in [2.75, 3.05) is 13.2 Å². The molecule has 0 N–H and O–H groups in total. The molecule has 27 heavy (non-hydrogen) atoms. The van der Waals surface area contributed by atoms with Crippen molar-refractivity contribution in [2.45, 2.75) is 45.2 Å². The van der Waals surface area contributed by atoms with Crippen LogP contribution in [-0.4, -0.2) is 56.8 Å². The average Bonchev–Trinajstić information content (AvgIpc) is 3.17. The zero-order valence-corrected chi connectivity index (χ0v) is 16.2. The lowest BCUT2D eigenvalue weighted by Crippen LogP contribution is -2.46. The number of hydrogen-bond donors (Lipinski definition) is 0. The molecule has 0 spiro atoms. The van der Waals surface area contributed by atoms with Crippen LogP contribution in [0.1, 0.15) is 44.2 Å². The van der Waals surface area contributed by atoms with E-state index in [1.807, 2.05) is 18.2 Å². The molecule has 0 radical (unpaired) electrons. The number of para-hydroxylation sites is 1. The molecular weight excluding hydrogens is 364 g/mol. The molecule has 4 rings (SSSR count). The molecule has 0 aliphatic carbocycles. The van der Waals surface area contributed by atoms with Crippen LogP contribution in [0.5, 0.6) is 0 Å². The first-order valence-electron chi connectivity index (χ1n) is 9.26. The van der Waals surface area contributed by atoms with E-state index >= 15 is 0 Å². The van der Waals surface area contributed by atoms with Crippen LogP contribution in [0.25, 0.3) is 10.2 Å². The fourth-order valence-electron chi connectivity index (χ4n) is 3.76. The molecule has 1 aromatic carbocycles. The highest BCUT2D eigenvalue weighted by molar-refractivity contribution is 7.18. The predicted molar refractivity (Wildman–Crippen MR) is 102 cm³/mol. The zero-order chi connectivity index (χ0) is 19.1. The fraction of sp³-hybridized carbons (Fsp3) is 0.474. The third-order valence-corrected chi connectivity index (χ3v) is 6.27. The molecule has 3 heterocycles. The van der Waals surface area contributed by atoms with Crippen LogP contribution in [0.2, 0.25) is 0 Å². The largest absolute Gasteiger partial charge is 0.335 e. The first kappa shape index (κ1) is 18.1. The molecule has 7 nitrogen and oxygen atoms in total. The summed E-state index contributed by atoms with van der Waals surface area (Å²) in [7, 11) is 0. The monoisotopic (exact) mass is 386 g/mol. The van der Waals surface area contributed by atoms with Crippen LogP contribution in [0.15, 0.2) is 24.3 Å². The summed E-state index contributed by atoms with van der Waals surface area (Å²) in [6, 6.07) is 7.22. The first-order chi connectivity index (χ1) is 13.0. The van der Waals surface area contributed by atoms with Crippen molar-refractivity contribution in [3.8, 4) is 0 Å². The summed E-state index contributed by atoms with van der Waals surface area (Å²) in [6.45, 7) is 4.37. The van der Waals surface area contributed by atoms with Crippen molar-refractivity contribution >= 4 is 39.4 Å². The van der Waals surface area contributed by atoms with Crippen molar-refractivity contribution < 1.29 is 14.4 Å². The Kier molecular flexibility index (Phi) is 4.69. The summed E-state index contributed by atoms with van der Waals surface area (Å²) in [5.74, 6) is -1.47. The van der Waals surface area contributed by atoms with Gasteiger partial charge in [-0.05, 0) is 38.8 Å². The number of hydrogen-bond acceptors (Lipinski definition) is 6. The number of fused-ring (bicyclic) bond motifs is 1. The van der Waals surface area contributed by atoms with E-state index in [9.17, 15) is 14.4 Å². The number of benzene rings is 1. The Bertz CT molecular complexity index is 876. The maximum Gasteiger partial charge on any atom is 0.335 e. The summed E-state index contributed by atoms with van der Waals surface area (Å²) in [4.78, 5) is 46.1. The van der Waals surface area contributed by atoms with E-state index in [0.717, 1.165) is 50.8 Å². The fourth-order valence-corrected chi connectivity index (χ4v) is 4.89. The number of nitrogens with zero attached hydrogens (tertiary/aromatic N) is 4. The minimum Gasteiger partial charge on any atom is -0.276 e. The van der Waals surface area contributed by atoms with Gasteiger partial charge < -0.3 is 0 Å². The van der Waals surface area contributed by atoms with Crippen molar-refractivity contribution in [3.05, 3.63) is 29.3 Å². The second kappa shape index (κ2) is 7.01. The van der Waals surface area contributed by atoms with Gasteiger partial charge in [-0.2, -0.15) is 0 Å². The highest BCUT2D eigenvalue weighted by Gasteiger charge is 2.46. The Labute approximate surface area is 161 Å². The molecule has 1 aromatic heterocycles. The van der Waals surface area contributed by atoms with Gasteiger partial charge in [0, 0.05) is 12.6 Å². The Morgan fingerprint density at radius 1 is 1.15 bits per heavy atom. The van der Waals surface area contributed by atoms with Gasteiger partial charge in [-0.1, -0.05) is 18.6 Å². The van der Waals surface area contributed by atoms with Crippen LogP contribution in [0.3, 0.4) is 0 Å². The van der Waals surface area contributed by atoms with Gasteiger partial charge in [-0.25, -0.2) is 14.7 Å². The number of carbonyl (C=O) groups is 3. The van der Waals surface area contributed by atoms with Gasteiger partial charge in [0.2, 0.25) is 0 Å². The lowest BCUT2D eigenvalue weighted by molar-refractivity contribution is -0.144. The molecule has 2 fully saturated rings. The van der Waals surface area contributed by atoms with E-state index in [-0.39, 0.29) is 18.8 Å². The normalized spacial score (nSPS) is 21.9. The highest BCUT2D eigenvalue weighted by atomic mass is 32.1. The van der Waals surface area contributed by atoms with Crippen molar-refractivity contribution in [2.24, 2.45) is 0 Å². The van der Waals surface area contributed by atoms with Gasteiger partial charge in [0.25, 0.3) is 0 Å². The number of rotatable bonds is 4. The average molecular weight is 386 g/mol. The van der Waals surface area contributed by atoms with Gasteiger partial charge in [0.15, 0.2) is 0 Å². The molecule has 142 valence electrons. The molecule has 1 atom stereocenters. The Morgan fingerprint density at radius 3 is 2.63 bits per heavy atom. The summed E-state index contributed by atoms with van der Waals surface area (Å²) in [5, 5.41) is 1.00. The molecule has 2 saturated heterocycles. The van der Waals surface area contributed by atoms with Gasteiger partial charge >= 0.3 is 17.8 Å². The van der Waals surface area contributed by atoms with Crippen LogP contribution >= 0.6 is 11.3 Å². The van der Waals surface area contributed by atoms with Crippen LogP contribution in [0, 0.1) is 0 Å². The minimum absolute atomic E-state index is 0.0555. The van der Waals surface area contributed by atoms with Crippen molar-refractivity contribution in [1.82, 2.24) is 19.7 Å². The third-order valence-electron chi connectivity index (χ3n) is 5.13. The Hall–Kier alpha value is -2.32. The lowest BCUT2D eigenvalue weighted by atomic mass is 10.0. The number of aromatic nitrogens is 1.